The zero-order valence-electron chi connectivity index (χ0n) is 22.1. The molecular weight excluding hydrogens is 526 g/mol. The van der Waals surface area contributed by atoms with E-state index in [1.807, 2.05) is 12.1 Å². The predicted octanol–water partition coefficient (Wildman–Crippen LogP) is 2.39. The van der Waals surface area contributed by atoms with Crippen LogP contribution >= 0.6 is 11.3 Å². The summed E-state index contributed by atoms with van der Waals surface area (Å²) in [6.07, 6.45) is -0.471. The molecule has 1 heterocycles. The fraction of sp³-hybridized carbons (Fsp3) is 0.308. The van der Waals surface area contributed by atoms with Gasteiger partial charge in [-0.25, -0.2) is 14.6 Å². The molecule has 0 aliphatic carbocycles. The molecule has 0 unspecified atom stereocenters. The van der Waals surface area contributed by atoms with E-state index >= 15 is 0 Å². The molecule has 0 saturated heterocycles. The summed E-state index contributed by atoms with van der Waals surface area (Å²) in [7, 11) is 1.14. The number of alkyl carbamates (subject to hydrolysis) is 1. The third kappa shape index (κ3) is 10.4. The van der Waals surface area contributed by atoms with Gasteiger partial charge < -0.3 is 30.7 Å². The van der Waals surface area contributed by atoms with Crippen LogP contribution in [0.1, 0.15) is 43.2 Å². The molecule has 0 atom stereocenters. The van der Waals surface area contributed by atoms with Gasteiger partial charge in [0, 0.05) is 30.5 Å². The summed E-state index contributed by atoms with van der Waals surface area (Å²) >= 11 is 1.23. The van der Waals surface area contributed by atoms with Crippen molar-refractivity contribution in [3.63, 3.8) is 0 Å². The number of amides is 4. The number of hydrogen-bond acceptors (Lipinski definition) is 9. The topological polar surface area (TPSA) is 165 Å². The van der Waals surface area contributed by atoms with Crippen LogP contribution in [0.15, 0.2) is 54.2 Å². The molecule has 0 aliphatic rings. The number of nitrogens with one attached hydrogen (secondary N) is 4. The summed E-state index contributed by atoms with van der Waals surface area (Å²) in [5.74, 6) is -2.53. The molecule has 2 rings (SSSR count). The third-order valence-electron chi connectivity index (χ3n) is 4.68. The van der Waals surface area contributed by atoms with Gasteiger partial charge in [0.2, 0.25) is 5.91 Å². The van der Waals surface area contributed by atoms with Gasteiger partial charge in [-0.1, -0.05) is 37.4 Å². The lowest BCUT2D eigenvalue weighted by molar-refractivity contribution is -0.137. The summed E-state index contributed by atoms with van der Waals surface area (Å²) in [6.45, 7) is 12.6. The molecule has 0 aliphatic heterocycles. The van der Waals surface area contributed by atoms with Gasteiger partial charge in [-0.05, 0) is 26.3 Å². The Hall–Kier alpha value is -4.52. The van der Waals surface area contributed by atoms with Gasteiger partial charge in [-0.2, -0.15) is 0 Å². The molecule has 0 radical (unpaired) electrons. The number of aromatic nitrogens is 1. The van der Waals surface area contributed by atoms with Crippen LogP contribution in [0.3, 0.4) is 0 Å². The van der Waals surface area contributed by atoms with Crippen molar-refractivity contribution in [2.24, 2.45) is 0 Å². The largest absolute Gasteiger partial charge is 0.464 e. The van der Waals surface area contributed by atoms with Crippen LogP contribution in [0, 0.1) is 0 Å². The summed E-state index contributed by atoms with van der Waals surface area (Å²) in [4.78, 5) is 63.8. The van der Waals surface area contributed by atoms with Crippen LogP contribution in [0.2, 0.25) is 0 Å². The number of carbonyl (C=O) groups excluding carboxylic acids is 5. The number of methoxy groups -OCH3 is 1. The van der Waals surface area contributed by atoms with Crippen LogP contribution in [-0.2, 0) is 30.4 Å². The van der Waals surface area contributed by atoms with Gasteiger partial charge in [-0.15, -0.1) is 11.3 Å². The smallest absolute Gasteiger partial charge is 0.407 e. The number of carbonyl (C=O) groups is 5. The molecule has 0 fully saturated rings. The number of rotatable bonds is 11. The van der Waals surface area contributed by atoms with E-state index in [0.29, 0.717) is 11.6 Å². The molecular formula is C26H31N5O7S. The van der Waals surface area contributed by atoms with Gasteiger partial charge >= 0.3 is 12.1 Å². The Balaban J connectivity index is 1.83. The number of benzene rings is 1. The van der Waals surface area contributed by atoms with Crippen molar-refractivity contribution in [1.82, 2.24) is 26.3 Å². The highest BCUT2D eigenvalue weighted by molar-refractivity contribution is 7.13. The zero-order chi connectivity index (χ0) is 29.2. The van der Waals surface area contributed by atoms with Crippen LogP contribution in [0.4, 0.5) is 4.79 Å². The fourth-order valence-corrected chi connectivity index (χ4v) is 3.61. The summed E-state index contributed by atoms with van der Waals surface area (Å²) in [5.41, 5.74) is 0.465. The highest BCUT2D eigenvalue weighted by atomic mass is 32.1. The molecule has 39 heavy (non-hydrogen) atoms. The number of nitrogens with zero attached hydrogens (tertiary/aromatic N) is 1. The third-order valence-corrected chi connectivity index (χ3v) is 5.57. The first-order valence-electron chi connectivity index (χ1n) is 11.7. The first-order chi connectivity index (χ1) is 18.3. The summed E-state index contributed by atoms with van der Waals surface area (Å²) in [6, 6.07) is 7.24. The van der Waals surface area contributed by atoms with Crippen molar-refractivity contribution in [2.75, 3.05) is 13.7 Å². The van der Waals surface area contributed by atoms with Crippen molar-refractivity contribution in [3.8, 4) is 10.6 Å². The van der Waals surface area contributed by atoms with Crippen LogP contribution in [0.5, 0.6) is 0 Å². The molecule has 4 N–H and O–H groups in total. The molecule has 4 amide bonds. The zero-order valence-corrected chi connectivity index (χ0v) is 23.0. The fourth-order valence-electron chi connectivity index (χ4n) is 2.80. The number of esters is 1. The lowest BCUT2D eigenvalue weighted by atomic mass is 10.1. The Kier molecular flexibility index (Phi) is 10.9. The normalized spacial score (nSPS) is 10.6. The molecule has 0 saturated carbocycles. The quantitative estimate of drug-likeness (QED) is 0.242. The second kappa shape index (κ2) is 13.9. The minimum atomic E-state index is -0.826. The maximum Gasteiger partial charge on any atom is 0.407 e. The van der Waals surface area contributed by atoms with Gasteiger partial charge in [0.1, 0.15) is 22.0 Å². The second-order valence-corrected chi connectivity index (χ2v) is 9.91. The maximum atomic E-state index is 12.5. The monoisotopic (exact) mass is 557 g/mol. The number of thiazole rings is 1. The van der Waals surface area contributed by atoms with Crippen LogP contribution < -0.4 is 21.3 Å². The maximum absolute atomic E-state index is 12.5. The van der Waals surface area contributed by atoms with E-state index in [-0.39, 0.29) is 36.0 Å². The van der Waals surface area contributed by atoms with Crippen molar-refractivity contribution in [1.29, 1.82) is 0 Å². The Morgan fingerprint density at radius 2 is 1.64 bits per heavy atom. The number of hydrogen-bond donors (Lipinski definition) is 4. The summed E-state index contributed by atoms with van der Waals surface area (Å²) < 4.78 is 9.55. The average molecular weight is 558 g/mol. The van der Waals surface area contributed by atoms with Crippen molar-refractivity contribution < 1.29 is 33.4 Å². The minimum absolute atomic E-state index is 0.0760. The minimum Gasteiger partial charge on any atom is -0.464 e. The van der Waals surface area contributed by atoms with Crippen LogP contribution in [0.25, 0.3) is 10.6 Å². The van der Waals surface area contributed by atoms with Gasteiger partial charge in [-0.3, -0.25) is 14.4 Å². The van der Waals surface area contributed by atoms with Crippen molar-refractivity contribution in [2.45, 2.75) is 39.3 Å². The second-order valence-electron chi connectivity index (χ2n) is 9.05. The van der Waals surface area contributed by atoms with E-state index in [0.717, 1.165) is 18.2 Å². The predicted molar refractivity (Wildman–Crippen MR) is 144 cm³/mol. The molecule has 1 aromatic carbocycles. The number of ether oxygens (including phenoxy) is 2. The van der Waals surface area contributed by atoms with Crippen LogP contribution in [-0.4, -0.2) is 54.0 Å². The Bertz CT molecular complexity index is 1260. The lowest BCUT2D eigenvalue weighted by Gasteiger charge is -2.19. The first kappa shape index (κ1) is 30.7. The highest BCUT2D eigenvalue weighted by Crippen LogP contribution is 2.24. The molecule has 0 spiro atoms. The van der Waals surface area contributed by atoms with Crippen molar-refractivity contribution in [3.05, 3.63) is 65.5 Å². The van der Waals surface area contributed by atoms with E-state index in [1.54, 1.807) is 32.9 Å². The van der Waals surface area contributed by atoms with E-state index in [1.165, 1.54) is 16.7 Å². The lowest BCUT2D eigenvalue weighted by Crippen LogP contribution is -2.35. The molecule has 208 valence electrons. The van der Waals surface area contributed by atoms with Crippen molar-refractivity contribution >= 4 is 41.1 Å². The first-order valence-corrected chi connectivity index (χ1v) is 12.5. The van der Waals surface area contributed by atoms with E-state index in [2.05, 4.69) is 44.1 Å². The molecule has 12 nitrogen and oxygen atoms in total. The average Bonchev–Trinajstić information content (AvgIpc) is 3.36. The molecule has 0 bridgehead atoms. The molecule has 13 heteroatoms. The Morgan fingerprint density at radius 3 is 2.26 bits per heavy atom. The van der Waals surface area contributed by atoms with E-state index < -0.39 is 29.5 Å². The van der Waals surface area contributed by atoms with E-state index in [9.17, 15) is 24.0 Å². The van der Waals surface area contributed by atoms with Gasteiger partial charge in [0.05, 0.1) is 12.8 Å². The Labute approximate surface area is 229 Å². The van der Waals surface area contributed by atoms with Gasteiger partial charge in [0.15, 0.2) is 0 Å². The van der Waals surface area contributed by atoms with E-state index in [4.69, 9.17) is 4.74 Å². The van der Waals surface area contributed by atoms with Gasteiger partial charge in [0.25, 0.3) is 11.8 Å². The molecule has 1 aromatic heterocycles. The highest BCUT2D eigenvalue weighted by Gasteiger charge is 2.18. The SMILES string of the molecule is C=C(NC(=O)c1csc(-c2ccc(CNC(=O)CCNC(=O)OC(C)(C)C)cc2)n1)C(=O)NC(=C)C(=O)OC. The Morgan fingerprint density at radius 1 is 0.974 bits per heavy atom. The summed E-state index contributed by atoms with van der Waals surface area (Å²) in [5, 5.41) is 11.9. The standard InChI is InChI=1S/C26H31N5O7S/c1-15(21(33)30-16(2)24(35)37-6)29-22(34)19-14-39-23(31-19)18-9-7-17(8-10-18)13-28-20(32)11-12-27-25(36)38-26(3,4)5/h7-10,14H,1-2,11-13H2,3-6H3,(H,27,36)(H,28,32)(H,29,34)(H,30,33). The molecule has 2 aromatic rings.